The maximum Gasteiger partial charge on any atom is 0.408 e. The summed E-state index contributed by atoms with van der Waals surface area (Å²) in [5.41, 5.74) is 4.22. The van der Waals surface area contributed by atoms with Gasteiger partial charge in [0.15, 0.2) is 0 Å². The molecule has 0 aliphatic rings. The van der Waals surface area contributed by atoms with Crippen LogP contribution in [0, 0.1) is 6.92 Å². The Kier molecular flexibility index (Phi) is 10.7. The van der Waals surface area contributed by atoms with Crippen molar-refractivity contribution in [2.24, 2.45) is 0 Å². The van der Waals surface area contributed by atoms with Crippen molar-refractivity contribution in [1.82, 2.24) is 25.5 Å². The van der Waals surface area contributed by atoms with Crippen LogP contribution in [0.25, 0.3) is 0 Å². The molecule has 3 N–H and O–H groups in total. The third-order valence-corrected chi connectivity index (χ3v) is 7.20. The molecular weight excluding hydrogens is 542 g/mol. The third kappa shape index (κ3) is 9.56. The molecule has 1 heterocycles. The molecule has 0 spiro atoms. The summed E-state index contributed by atoms with van der Waals surface area (Å²) in [5.74, 6) is -0.708. The lowest BCUT2D eigenvalue weighted by atomic mass is 9.84. The minimum atomic E-state index is -0.997. The molecule has 224 valence electrons. The van der Waals surface area contributed by atoms with Crippen LogP contribution in [0.2, 0.25) is 0 Å². The number of ether oxygens (including phenoxy) is 1. The van der Waals surface area contributed by atoms with Crippen molar-refractivity contribution in [3.8, 4) is 0 Å². The number of hydrogen-bond acceptors (Lipinski definition) is 5. The van der Waals surface area contributed by atoms with Crippen LogP contribution in [-0.2, 0) is 39.3 Å². The first-order valence-corrected chi connectivity index (χ1v) is 14.3. The highest BCUT2D eigenvalue weighted by Gasteiger charge is 2.30. The second-order valence-electron chi connectivity index (χ2n) is 11.2. The first-order chi connectivity index (χ1) is 20.7. The Morgan fingerprint density at radius 3 is 2.26 bits per heavy atom. The Bertz CT molecular complexity index is 1460. The van der Waals surface area contributed by atoms with Crippen molar-refractivity contribution in [2.45, 2.75) is 51.8 Å². The zero-order chi connectivity index (χ0) is 30.7. The van der Waals surface area contributed by atoms with E-state index in [1.807, 2.05) is 91.9 Å². The predicted molar refractivity (Wildman–Crippen MR) is 165 cm³/mol. The standard InChI is InChI=1S/C34H39N5O4/c1-25-14-16-26(17-15-25)20-39(21-31(40)36-23-34(2,3)28-12-8-5-9-13-28)32(41)30(18-29-19-35-24-37-29)38-33(42)43-22-27-10-6-4-7-11-27/h4-17,19,24,30H,18,20-23H2,1-3H3,(H,35,37)(H,36,40)(H,38,42)/t30-/m0/s1. The topological polar surface area (TPSA) is 116 Å². The Morgan fingerprint density at radius 1 is 0.930 bits per heavy atom. The van der Waals surface area contributed by atoms with Crippen LogP contribution < -0.4 is 10.6 Å². The van der Waals surface area contributed by atoms with Gasteiger partial charge in [0, 0.05) is 36.8 Å². The lowest BCUT2D eigenvalue weighted by Crippen LogP contribution is -2.52. The number of nitrogens with zero attached hydrogens (tertiary/aromatic N) is 2. The fourth-order valence-corrected chi connectivity index (χ4v) is 4.61. The number of benzene rings is 3. The molecule has 3 aromatic carbocycles. The summed E-state index contributed by atoms with van der Waals surface area (Å²) in [5, 5.41) is 5.72. The van der Waals surface area contributed by atoms with Gasteiger partial charge in [-0.3, -0.25) is 9.59 Å². The summed E-state index contributed by atoms with van der Waals surface area (Å²) in [6.45, 7) is 6.56. The van der Waals surface area contributed by atoms with Gasteiger partial charge >= 0.3 is 6.09 Å². The van der Waals surface area contributed by atoms with Crippen molar-refractivity contribution in [3.63, 3.8) is 0 Å². The van der Waals surface area contributed by atoms with E-state index in [9.17, 15) is 14.4 Å². The number of aryl methyl sites for hydroxylation is 1. The second-order valence-corrected chi connectivity index (χ2v) is 11.2. The fraction of sp³-hybridized carbons (Fsp3) is 0.294. The number of imidazole rings is 1. The van der Waals surface area contributed by atoms with Crippen molar-refractivity contribution < 1.29 is 19.1 Å². The number of amides is 3. The summed E-state index contributed by atoms with van der Waals surface area (Å²) in [6, 6.07) is 26.0. The number of aromatic amines is 1. The van der Waals surface area contributed by atoms with E-state index in [4.69, 9.17) is 4.74 Å². The number of alkyl carbamates (subject to hydrolysis) is 1. The van der Waals surface area contributed by atoms with E-state index in [0.29, 0.717) is 12.2 Å². The van der Waals surface area contributed by atoms with Gasteiger partial charge in [-0.2, -0.15) is 0 Å². The van der Waals surface area contributed by atoms with Gasteiger partial charge in [-0.1, -0.05) is 104 Å². The van der Waals surface area contributed by atoms with E-state index in [1.54, 1.807) is 6.20 Å². The molecule has 0 saturated heterocycles. The van der Waals surface area contributed by atoms with E-state index in [2.05, 4.69) is 34.4 Å². The van der Waals surface area contributed by atoms with Crippen LogP contribution in [0.5, 0.6) is 0 Å². The van der Waals surface area contributed by atoms with Gasteiger partial charge < -0.3 is 25.3 Å². The summed E-state index contributed by atoms with van der Waals surface area (Å²) < 4.78 is 5.41. The maximum absolute atomic E-state index is 14.1. The molecule has 0 radical (unpaired) electrons. The first kappa shape index (κ1) is 31.0. The minimum absolute atomic E-state index is 0.0598. The molecule has 4 rings (SSSR count). The van der Waals surface area contributed by atoms with Crippen LogP contribution in [0.3, 0.4) is 0 Å². The largest absolute Gasteiger partial charge is 0.445 e. The molecule has 0 aliphatic carbocycles. The molecule has 43 heavy (non-hydrogen) atoms. The van der Waals surface area contributed by atoms with E-state index < -0.39 is 18.0 Å². The van der Waals surface area contributed by atoms with Crippen LogP contribution >= 0.6 is 0 Å². The normalized spacial score (nSPS) is 11.8. The lowest BCUT2D eigenvalue weighted by Gasteiger charge is -2.29. The minimum Gasteiger partial charge on any atom is -0.445 e. The molecule has 1 atom stereocenters. The van der Waals surface area contributed by atoms with Gasteiger partial charge in [-0.15, -0.1) is 0 Å². The highest BCUT2D eigenvalue weighted by Crippen LogP contribution is 2.21. The molecule has 0 fully saturated rings. The van der Waals surface area contributed by atoms with Crippen molar-refractivity contribution in [2.75, 3.05) is 13.1 Å². The van der Waals surface area contributed by atoms with Crippen molar-refractivity contribution >= 4 is 17.9 Å². The van der Waals surface area contributed by atoms with Crippen LogP contribution in [0.15, 0.2) is 97.5 Å². The average Bonchev–Trinajstić information content (AvgIpc) is 3.53. The summed E-state index contributed by atoms with van der Waals surface area (Å²) in [6.07, 6.45) is 2.52. The van der Waals surface area contributed by atoms with Crippen molar-refractivity contribution in [1.29, 1.82) is 0 Å². The van der Waals surface area contributed by atoms with Gasteiger partial charge in [0.25, 0.3) is 0 Å². The quantitative estimate of drug-likeness (QED) is 0.212. The van der Waals surface area contributed by atoms with E-state index in [-0.39, 0.29) is 37.4 Å². The number of carbonyl (C=O) groups excluding carboxylic acids is 3. The number of hydrogen-bond donors (Lipinski definition) is 3. The number of aromatic nitrogens is 2. The number of rotatable bonds is 13. The van der Waals surface area contributed by atoms with Gasteiger partial charge in [-0.05, 0) is 23.6 Å². The third-order valence-electron chi connectivity index (χ3n) is 7.20. The predicted octanol–water partition coefficient (Wildman–Crippen LogP) is 4.68. The lowest BCUT2D eigenvalue weighted by molar-refractivity contribution is -0.138. The fourth-order valence-electron chi connectivity index (χ4n) is 4.61. The van der Waals surface area contributed by atoms with Gasteiger partial charge in [0.2, 0.25) is 11.8 Å². The Hall–Kier alpha value is -4.92. The molecule has 3 amide bonds. The highest BCUT2D eigenvalue weighted by atomic mass is 16.5. The highest BCUT2D eigenvalue weighted by molar-refractivity contribution is 5.89. The summed E-state index contributed by atoms with van der Waals surface area (Å²) in [4.78, 5) is 48.7. The molecule has 0 unspecified atom stereocenters. The molecular formula is C34H39N5O4. The molecule has 9 nitrogen and oxygen atoms in total. The zero-order valence-electron chi connectivity index (χ0n) is 24.9. The van der Waals surface area contributed by atoms with Crippen LogP contribution in [0.4, 0.5) is 4.79 Å². The van der Waals surface area contributed by atoms with E-state index >= 15 is 0 Å². The molecule has 4 aromatic rings. The van der Waals surface area contributed by atoms with Crippen molar-refractivity contribution in [3.05, 3.63) is 125 Å². The Balaban J connectivity index is 1.49. The Labute approximate surface area is 252 Å². The van der Waals surface area contributed by atoms with Crippen LogP contribution in [-0.4, -0.2) is 51.9 Å². The molecule has 9 heteroatoms. The Morgan fingerprint density at radius 2 is 1.60 bits per heavy atom. The van der Waals surface area contributed by atoms with Crippen LogP contribution in [0.1, 0.15) is 41.8 Å². The maximum atomic E-state index is 14.1. The van der Waals surface area contributed by atoms with Gasteiger partial charge in [0.05, 0.1) is 12.9 Å². The first-order valence-electron chi connectivity index (χ1n) is 14.3. The SMILES string of the molecule is Cc1ccc(CN(CC(=O)NCC(C)(C)c2ccccc2)C(=O)[C@H](Cc2cnc[nH]2)NC(=O)OCc2ccccc2)cc1. The average molecular weight is 582 g/mol. The zero-order valence-corrected chi connectivity index (χ0v) is 24.9. The van der Waals surface area contributed by atoms with Gasteiger partial charge in [-0.25, -0.2) is 9.78 Å². The number of carbonyl (C=O) groups is 3. The second kappa shape index (κ2) is 14.8. The van der Waals surface area contributed by atoms with E-state index in [0.717, 1.165) is 22.3 Å². The summed E-state index contributed by atoms with van der Waals surface area (Å²) in [7, 11) is 0. The van der Waals surface area contributed by atoms with E-state index in [1.165, 1.54) is 11.2 Å². The van der Waals surface area contributed by atoms with Gasteiger partial charge in [0.1, 0.15) is 12.6 Å². The smallest absolute Gasteiger partial charge is 0.408 e. The number of nitrogens with one attached hydrogen (secondary N) is 3. The summed E-state index contributed by atoms with van der Waals surface area (Å²) >= 11 is 0. The molecule has 0 aliphatic heterocycles. The molecule has 0 bridgehead atoms. The monoisotopic (exact) mass is 581 g/mol. The molecule has 1 aromatic heterocycles. The number of H-pyrrole nitrogens is 1. The molecule has 0 saturated carbocycles.